The molecule has 1 unspecified atom stereocenters. The van der Waals surface area contributed by atoms with Crippen LogP contribution >= 0.6 is 23.1 Å². The number of thiazole rings is 1. The van der Waals surface area contributed by atoms with Crippen molar-refractivity contribution >= 4 is 34.7 Å². The topological polar surface area (TPSA) is 42.0 Å². The SMILES string of the molecule is Cc1cccc(C)c1NC(=O)C(C)SCc1csc(-c2ccccc2)n1. The zero-order valence-electron chi connectivity index (χ0n) is 15.2. The summed E-state index contributed by atoms with van der Waals surface area (Å²) in [6.07, 6.45) is 0. The van der Waals surface area contributed by atoms with E-state index >= 15 is 0 Å². The van der Waals surface area contributed by atoms with Crippen molar-refractivity contribution < 1.29 is 4.79 Å². The summed E-state index contributed by atoms with van der Waals surface area (Å²) in [7, 11) is 0. The molecule has 1 N–H and O–H groups in total. The number of rotatable bonds is 6. The number of amides is 1. The lowest BCUT2D eigenvalue weighted by Gasteiger charge is -2.15. The van der Waals surface area contributed by atoms with Crippen LogP contribution in [0.4, 0.5) is 5.69 Å². The van der Waals surface area contributed by atoms with E-state index < -0.39 is 0 Å². The van der Waals surface area contributed by atoms with Gasteiger partial charge in [-0.05, 0) is 31.9 Å². The summed E-state index contributed by atoms with van der Waals surface area (Å²) in [5.74, 6) is 0.760. The number of aryl methyl sites for hydroxylation is 2. The smallest absolute Gasteiger partial charge is 0.237 e. The van der Waals surface area contributed by atoms with Gasteiger partial charge >= 0.3 is 0 Å². The van der Waals surface area contributed by atoms with Crippen LogP contribution in [0.15, 0.2) is 53.9 Å². The highest BCUT2D eigenvalue weighted by Crippen LogP contribution is 2.27. The summed E-state index contributed by atoms with van der Waals surface area (Å²) in [6, 6.07) is 16.2. The molecule has 0 spiro atoms. The standard InChI is InChI=1S/C21H22N2OS2/c1-14-8-7-9-15(2)19(14)23-20(24)16(3)25-12-18-13-26-21(22-18)17-10-5-4-6-11-17/h4-11,13,16H,12H2,1-3H3,(H,23,24). The molecule has 0 saturated heterocycles. The van der Waals surface area contributed by atoms with Gasteiger partial charge in [-0.2, -0.15) is 0 Å². The fraction of sp³-hybridized carbons (Fsp3) is 0.238. The lowest BCUT2D eigenvalue weighted by molar-refractivity contribution is -0.115. The number of carbonyl (C=O) groups excluding carboxylic acids is 1. The van der Waals surface area contributed by atoms with Gasteiger partial charge in [0.05, 0.1) is 10.9 Å². The van der Waals surface area contributed by atoms with E-state index in [4.69, 9.17) is 0 Å². The van der Waals surface area contributed by atoms with Crippen LogP contribution in [0.5, 0.6) is 0 Å². The Kier molecular flexibility index (Phi) is 6.12. The van der Waals surface area contributed by atoms with Crippen molar-refractivity contribution in [2.75, 3.05) is 5.32 Å². The number of hydrogen-bond acceptors (Lipinski definition) is 4. The van der Waals surface area contributed by atoms with Crippen LogP contribution in [0.3, 0.4) is 0 Å². The second-order valence-corrected chi connectivity index (χ2v) is 8.41. The van der Waals surface area contributed by atoms with Crippen molar-refractivity contribution in [1.82, 2.24) is 4.98 Å². The molecule has 0 fully saturated rings. The lowest BCUT2D eigenvalue weighted by Crippen LogP contribution is -2.23. The average Bonchev–Trinajstić information content (AvgIpc) is 3.12. The summed E-state index contributed by atoms with van der Waals surface area (Å²) in [4.78, 5) is 17.2. The Hall–Kier alpha value is -2.11. The quantitative estimate of drug-likeness (QED) is 0.596. The predicted molar refractivity (Wildman–Crippen MR) is 113 cm³/mol. The van der Waals surface area contributed by atoms with Crippen molar-refractivity contribution in [3.8, 4) is 10.6 Å². The molecule has 134 valence electrons. The Morgan fingerprint density at radius 1 is 1.12 bits per heavy atom. The van der Waals surface area contributed by atoms with Crippen LogP contribution < -0.4 is 5.32 Å². The summed E-state index contributed by atoms with van der Waals surface area (Å²) < 4.78 is 0. The maximum absolute atomic E-state index is 12.5. The van der Waals surface area contributed by atoms with E-state index in [1.807, 2.05) is 57.2 Å². The first kappa shape index (κ1) is 18.7. The van der Waals surface area contributed by atoms with Crippen LogP contribution in [0, 0.1) is 13.8 Å². The minimum absolute atomic E-state index is 0.0333. The molecule has 1 aromatic heterocycles. The predicted octanol–water partition coefficient (Wildman–Crippen LogP) is 5.69. The van der Waals surface area contributed by atoms with Crippen molar-refractivity contribution in [1.29, 1.82) is 0 Å². The van der Waals surface area contributed by atoms with Gasteiger partial charge in [0.2, 0.25) is 5.91 Å². The molecular weight excluding hydrogens is 360 g/mol. The second-order valence-electron chi connectivity index (χ2n) is 6.22. The third kappa shape index (κ3) is 4.54. The van der Waals surface area contributed by atoms with Crippen molar-refractivity contribution in [2.45, 2.75) is 31.8 Å². The fourth-order valence-corrected chi connectivity index (χ4v) is 4.32. The Labute approximate surface area is 162 Å². The lowest BCUT2D eigenvalue weighted by atomic mass is 10.1. The van der Waals surface area contributed by atoms with Crippen molar-refractivity contribution in [2.24, 2.45) is 0 Å². The molecule has 26 heavy (non-hydrogen) atoms. The zero-order valence-corrected chi connectivity index (χ0v) is 16.8. The second kappa shape index (κ2) is 8.52. The van der Waals surface area contributed by atoms with E-state index in [2.05, 4.69) is 27.8 Å². The number of nitrogens with one attached hydrogen (secondary N) is 1. The Morgan fingerprint density at radius 3 is 2.50 bits per heavy atom. The van der Waals surface area contributed by atoms with Gasteiger partial charge in [-0.1, -0.05) is 48.5 Å². The third-order valence-electron chi connectivity index (χ3n) is 4.15. The van der Waals surface area contributed by atoms with Gasteiger partial charge in [0, 0.05) is 22.4 Å². The molecule has 0 aliphatic carbocycles. The summed E-state index contributed by atoms with van der Waals surface area (Å²) in [5.41, 5.74) is 5.25. The highest BCUT2D eigenvalue weighted by atomic mass is 32.2. The highest BCUT2D eigenvalue weighted by Gasteiger charge is 2.16. The van der Waals surface area contributed by atoms with Crippen LogP contribution in [0.25, 0.3) is 10.6 Å². The molecule has 0 saturated carbocycles. The molecule has 0 radical (unpaired) electrons. The Bertz CT molecular complexity index is 870. The third-order valence-corrected chi connectivity index (χ3v) is 6.27. The average molecular weight is 383 g/mol. The van der Waals surface area contributed by atoms with E-state index in [0.717, 1.165) is 38.8 Å². The maximum atomic E-state index is 12.5. The molecule has 3 rings (SSSR count). The first-order valence-corrected chi connectivity index (χ1v) is 10.5. The minimum atomic E-state index is -0.143. The molecule has 5 heteroatoms. The van der Waals surface area contributed by atoms with E-state index in [1.54, 1.807) is 23.1 Å². The van der Waals surface area contributed by atoms with E-state index in [9.17, 15) is 4.79 Å². The Balaban J connectivity index is 1.58. The molecule has 1 heterocycles. The number of anilines is 1. The molecule has 1 atom stereocenters. The monoisotopic (exact) mass is 382 g/mol. The number of hydrogen-bond donors (Lipinski definition) is 1. The van der Waals surface area contributed by atoms with Crippen molar-refractivity contribution in [3.05, 3.63) is 70.7 Å². The number of aromatic nitrogens is 1. The largest absolute Gasteiger partial charge is 0.325 e. The molecule has 3 aromatic rings. The number of carbonyl (C=O) groups is 1. The number of benzene rings is 2. The molecule has 0 aliphatic heterocycles. The van der Waals surface area contributed by atoms with Crippen LogP contribution in [-0.2, 0) is 10.5 Å². The van der Waals surface area contributed by atoms with E-state index in [-0.39, 0.29) is 11.2 Å². The maximum Gasteiger partial charge on any atom is 0.237 e. The van der Waals surface area contributed by atoms with E-state index in [1.165, 1.54) is 0 Å². The molecule has 0 aliphatic rings. The number of thioether (sulfide) groups is 1. The van der Waals surface area contributed by atoms with Gasteiger partial charge in [0.25, 0.3) is 0 Å². The van der Waals surface area contributed by atoms with Gasteiger partial charge in [0.1, 0.15) is 5.01 Å². The van der Waals surface area contributed by atoms with Gasteiger partial charge in [0.15, 0.2) is 0 Å². The van der Waals surface area contributed by atoms with Crippen LogP contribution in [0.1, 0.15) is 23.7 Å². The molecular formula is C21H22N2OS2. The normalized spacial score (nSPS) is 12.0. The van der Waals surface area contributed by atoms with E-state index in [0.29, 0.717) is 0 Å². The molecule has 3 nitrogen and oxygen atoms in total. The van der Waals surface area contributed by atoms with Crippen molar-refractivity contribution in [3.63, 3.8) is 0 Å². The highest BCUT2D eigenvalue weighted by molar-refractivity contribution is 7.99. The number of para-hydroxylation sites is 1. The molecule has 2 aromatic carbocycles. The fourth-order valence-electron chi connectivity index (χ4n) is 2.61. The molecule has 1 amide bonds. The summed E-state index contributed by atoms with van der Waals surface area (Å²) in [6.45, 7) is 5.97. The first-order chi connectivity index (χ1) is 12.5. The summed E-state index contributed by atoms with van der Waals surface area (Å²) in [5, 5.41) is 6.02. The number of nitrogens with zero attached hydrogens (tertiary/aromatic N) is 1. The van der Waals surface area contributed by atoms with Crippen LogP contribution in [0.2, 0.25) is 0 Å². The van der Waals surface area contributed by atoms with Gasteiger partial charge in [-0.15, -0.1) is 23.1 Å². The first-order valence-electron chi connectivity index (χ1n) is 8.53. The van der Waals surface area contributed by atoms with Gasteiger partial charge in [-0.25, -0.2) is 4.98 Å². The minimum Gasteiger partial charge on any atom is -0.325 e. The Morgan fingerprint density at radius 2 is 1.81 bits per heavy atom. The van der Waals surface area contributed by atoms with Gasteiger partial charge in [-0.3, -0.25) is 4.79 Å². The van der Waals surface area contributed by atoms with Crippen LogP contribution in [-0.4, -0.2) is 16.1 Å². The zero-order chi connectivity index (χ0) is 18.5. The van der Waals surface area contributed by atoms with Gasteiger partial charge < -0.3 is 5.32 Å². The molecule has 0 bridgehead atoms. The summed E-state index contributed by atoms with van der Waals surface area (Å²) >= 11 is 3.25.